The Hall–Kier alpha value is -1.99. The van der Waals surface area contributed by atoms with Crippen LogP contribution in [0.3, 0.4) is 0 Å². The molecule has 0 aliphatic heterocycles. The fraction of sp³-hybridized carbons (Fsp3) is 0.333. The summed E-state index contributed by atoms with van der Waals surface area (Å²) in [6.45, 7) is 2.86. The van der Waals surface area contributed by atoms with Gasteiger partial charge in [0.1, 0.15) is 5.03 Å². The minimum absolute atomic E-state index is 0.0458. The van der Waals surface area contributed by atoms with Crippen LogP contribution in [-0.2, 0) is 0 Å². The lowest BCUT2D eigenvalue weighted by atomic mass is 10.2. The van der Waals surface area contributed by atoms with Crippen molar-refractivity contribution in [3.63, 3.8) is 0 Å². The molecule has 0 spiro atoms. The summed E-state index contributed by atoms with van der Waals surface area (Å²) in [6, 6.07) is 8.34. The lowest BCUT2D eigenvalue weighted by Crippen LogP contribution is -2.14. The van der Waals surface area contributed by atoms with Crippen LogP contribution in [0.4, 0.5) is 5.69 Å². The molecular formula is C15H18N4O2S. The third-order valence-electron chi connectivity index (χ3n) is 2.93. The fourth-order valence-corrected chi connectivity index (χ4v) is 2.90. The molecule has 0 aliphatic carbocycles. The monoisotopic (exact) mass is 318 g/mol. The van der Waals surface area contributed by atoms with Gasteiger partial charge < -0.3 is 4.90 Å². The van der Waals surface area contributed by atoms with Gasteiger partial charge in [-0.3, -0.25) is 10.1 Å². The van der Waals surface area contributed by atoms with Crippen LogP contribution in [0.5, 0.6) is 0 Å². The number of aromatic nitrogens is 2. The van der Waals surface area contributed by atoms with Gasteiger partial charge in [-0.1, -0.05) is 12.1 Å². The smallest absolute Gasteiger partial charge is 0.270 e. The number of benzene rings is 1. The SMILES string of the molecule is Cc1cc(SCCN(C)C)nc(-c2cccc([N+](=O)[O-])c2)n1. The molecule has 0 amide bonds. The summed E-state index contributed by atoms with van der Waals surface area (Å²) < 4.78 is 0. The molecule has 0 N–H and O–H groups in total. The molecule has 0 saturated heterocycles. The van der Waals surface area contributed by atoms with E-state index in [-0.39, 0.29) is 5.69 Å². The van der Waals surface area contributed by atoms with Crippen LogP contribution >= 0.6 is 11.8 Å². The Kier molecular flexibility index (Phi) is 5.46. The van der Waals surface area contributed by atoms with Gasteiger partial charge in [0.05, 0.1) is 4.92 Å². The van der Waals surface area contributed by atoms with Gasteiger partial charge in [0, 0.05) is 35.7 Å². The highest BCUT2D eigenvalue weighted by Gasteiger charge is 2.10. The number of hydrogen-bond acceptors (Lipinski definition) is 6. The van der Waals surface area contributed by atoms with E-state index in [1.807, 2.05) is 27.1 Å². The maximum absolute atomic E-state index is 10.9. The Morgan fingerprint density at radius 3 is 2.73 bits per heavy atom. The maximum atomic E-state index is 10.9. The van der Waals surface area contributed by atoms with Crippen LogP contribution in [0.1, 0.15) is 5.69 Å². The van der Waals surface area contributed by atoms with Crippen molar-refractivity contribution in [3.8, 4) is 11.4 Å². The van der Waals surface area contributed by atoms with Crippen molar-refractivity contribution >= 4 is 17.4 Å². The molecule has 0 fully saturated rings. The van der Waals surface area contributed by atoms with Crippen LogP contribution in [0, 0.1) is 17.0 Å². The second-order valence-corrected chi connectivity index (χ2v) is 6.25. The highest BCUT2D eigenvalue weighted by atomic mass is 32.2. The molecule has 0 saturated carbocycles. The molecule has 0 aliphatic rings. The first-order valence-electron chi connectivity index (χ1n) is 6.84. The molecule has 6 nitrogen and oxygen atoms in total. The van der Waals surface area contributed by atoms with Crippen molar-refractivity contribution in [1.29, 1.82) is 0 Å². The number of rotatable bonds is 6. The first-order chi connectivity index (χ1) is 10.5. The number of nitro benzene ring substituents is 1. The largest absolute Gasteiger partial charge is 0.309 e. The van der Waals surface area contributed by atoms with Gasteiger partial charge in [0.15, 0.2) is 5.82 Å². The summed E-state index contributed by atoms with van der Waals surface area (Å²) in [5.74, 6) is 1.45. The average molecular weight is 318 g/mol. The fourth-order valence-electron chi connectivity index (χ4n) is 1.83. The van der Waals surface area contributed by atoms with Crippen molar-refractivity contribution in [1.82, 2.24) is 14.9 Å². The van der Waals surface area contributed by atoms with E-state index in [0.29, 0.717) is 11.4 Å². The van der Waals surface area contributed by atoms with E-state index in [9.17, 15) is 10.1 Å². The minimum atomic E-state index is -0.411. The summed E-state index contributed by atoms with van der Waals surface area (Å²) in [5.41, 5.74) is 1.56. The molecule has 0 unspecified atom stereocenters. The summed E-state index contributed by atoms with van der Waals surface area (Å²) in [6.07, 6.45) is 0. The first kappa shape index (κ1) is 16.4. The zero-order valence-corrected chi connectivity index (χ0v) is 13.6. The van der Waals surface area contributed by atoms with Crippen molar-refractivity contribution in [2.45, 2.75) is 11.9 Å². The molecule has 7 heteroatoms. The van der Waals surface area contributed by atoms with Crippen LogP contribution in [-0.4, -0.2) is 46.2 Å². The van der Waals surface area contributed by atoms with E-state index in [2.05, 4.69) is 14.9 Å². The van der Waals surface area contributed by atoms with E-state index in [1.54, 1.807) is 23.9 Å². The van der Waals surface area contributed by atoms with Gasteiger partial charge >= 0.3 is 0 Å². The van der Waals surface area contributed by atoms with Crippen LogP contribution in [0.2, 0.25) is 0 Å². The number of nitrogens with zero attached hydrogens (tertiary/aromatic N) is 4. The second kappa shape index (κ2) is 7.33. The topological polar surface area (TPSA) is 72.2 Å². The highest BCUT2D eigenvalue weighted by molar-refractivity contribution is 7.99. The molecule has 0 atom stereocenters. The highest BCUT2D eigenvalue weighted by Crippen LogP contribution is 2.24. The number of nitro groups is 1. The molecule has 22 heavy (non-hydrogen) atoms. The Balaban J connectivity index is 2.25. The minimum Gasteiger partial charge on any atom is -0.309 e. The predicted molar refractivity (Wildman–Crippen MR) is 88.1 cm³/mol. The second-order valence-electron chi connectivity index (χ2n) is 5.13. The average Bonchev–Trinajstić information content (AvgIpc) is 2.46. The Morgan fingerprint density at radius 2 is 2.05 bits per heavy atom. The van der Waals surface area contributed by atoms with Crippen molar-refractivity contribution in [2.75, 3.05) is 26.4 Å². The molecular weight excluding hydrogens is 300 g/mol. The van der Waals surface area contributed by atoms with E-state index >= 15 is 0 Å². The summed E-state index contributed by atoms with van der Waals surface area (Å²) in [7, 11) is 4.06. The standard InChI is InChI=1S/C15H18N4O2S/c1-11-9-14(22-8-7-18(2)3)17-15(16-11)12-5-4-6-13(10-12)19(20)21/h4-6,9-10H,7-8H2,1-3H3. The lowest BCUT2D eigenvalue weighted by molar-refractivity contribution is -0.384. The van der Waals surface area contributed by atoms with Gasteiger partial charge in [-0.2, -0.15) is 0 Å². The molecule has 1 aromatic heterocycles. The number of aryl methyl sites for hydroxylation is 1. The molecule has 2 rings (SSSR count). The summed E-state index contributed by atoms with van der Waals surface area (Å²) in [4.78, 5) is 21.5. The normalized spacial score (nSPS) is 10.9. The number of hydrogen-bond donors (Lipinski definition) is 0. The van der Waals surface area contributed by atoms with Crippen molar-refractivity contribution < 1.29 is 4.92 Å². The van der Waals surface area contributed by atoms with E-state index < -0.39 is 4.92 Å². The zero-order chi connectivity index (χ0) is 16.1. The third kappa shape index (κ3) is 4.51. The van der Waals surface area contributed by atoms with Gasteiger partial charge in [-0.05, 0) is 27.1 Å². The zero-order valence-electron chi connectivity index (χ0n) is 12.8. The van der Waals surface area contributed by atoms with Gasteiger partial charge in [0.25, 0.3) is 5.69 Å². The van der Waals surface area contributed by atoms with E-state index in [0.717, 1.165) is 23.0 Å². The van der Waals surface area contributed by atoms with E-state index in [4.69, 9.17) is 0 Å². The van der Waals surface area contributed by atoms with E-state index in [1.165, 1.54) is 12.1 Å². The lowest BCUT2D eigenvalue weighted by Gasteiger charge is -2.09. The van der Waals surface area contributed by atoms with Crippen LogP contribution in [0.25, 0.3) is 11.4 Å². The van der Waals surface area contributed by atoms with Crippen LogP contribution < -0.4 is 0 Å². The maximum Gasteiger partial charge on any atom is 0.270 e. The molecule has 1 heterocycles. The van der Waals surface area contributed by atoms with Gasteiger partial charge in [-0.15, -0.1) is 11.8 Å². The third-order valence-corrected chi connectivity index (χ3v) is 3.83. The summed E-state index contributed by atoms with van der Waals surface area (Å²) in [5, 5.41) is 11.8. The number of non-ortho nitro benzene ring substituents is 1. The van der Waals surface area contributed by atoms with Crippen molar-refractivity contribution in [3.05, 3.63) is 46.1 Å². The Bertz CT molecular complexity index is 676. The predicted octanol–water partition coefficient (Wildman–Crippen LogP) is 3.01. The number of thioether (sulfide) groups is 1. The van der Waals surface area contributed by atoms with Gasteiger partial charge in [0.2, 0.25) is 0 Å². The van der Waals surface area contributed by atoms with Crippen LogP contribution in [0.15, 0.2) is 35.4 Å². The molecule has 1 aromatic carbocycles. The Morgan fingerprint density at radius 1 is 1.27 bits per heavy atom. The molecule has 0 bridgehead atoms. The van der Waals surface area contributed by atoms with Gasteiger partial charge in [-0.25, -0.2) is 9.97 Å². The summed E-state index contributed by atoms with van der Waals surface area (Å²) >= 11 is 1.66. The first-order valence-corrected chi connectivity index (χ1v) is 7.82. The quantitative estimate of drug-likeness (QED) is 0.353. The Labute approximate surface area is 133 Å². The molecule has 2 aromatic rings. The molecule has 0 radical (unpaired) electrons. The molecule has 116 valence electrons. The van der Waals surface area contributed by atoms with Crippen molar-refractivity contribution in [2.24, 2.45) is 0 Å².